The van der Waals surface area contributed by atoms with Crippen molar-refractivity contribution in [3.05, 3.63) is 56.5 Å². The lowest BCUT2D eigenvalue weighted by atomic mass is 10.1. The van der Waals surface area contributed by atoms with E-state index < -0.39 is 0 Å². The third kappa shape index (κ3) is 2.91. The Morgan fingerprint density at radius 3 is 2.65 bits per heavy atom. The van der Waals surface area contributed by atoms with Crippen molar-refractivity contribution in [1.29, 1.82) is 0 Å². The summed E-state index contributed by atoms with van der Waals surface area (Å²) >= 11 is 9.67. The lowest BCUT2D eigenvalue weighted by Crippen LogP contribution is -2.23. The smallest absolute Gasteiger partial charge is 0.256 e. The molecule has 0 bridgehead atoms. The molecule has 1 aliphatic heterocycles. The molecule has 1 amide bonds. The number of rotatable bonds is 4. The monoisotopic (exact) mass is 395 g/mol. The van der Waals surface area contributed by atoms with Gasteiger partial charge in [0.15, 0.2) is 0 Å². The first-order valence-electron chi connectivity index (χ1n) is 7.02. The Kier molecular flexibility index (Phi) is 4.50. The number of amides is 1. The summed E-state index contributed by atoms with van der Waals surface area (Å²) in [4.78, 5) is 14.4. The van der Waals surface area contributed by atoms with Crippen LogP contribution in [0.15, 0.2) is 34.8 Å². The standard InChI is InChI=1S/C17H15BrClNO3/c1-22-11-4-3-10(15(7-11)23-2)8-20-9-12-14(19)6-5-13(18)16(12)17(20)21/h3-7H,8-9H2,1-2H3. The first-order chi connectivity index (χ1) is 11.0. The normalized spacial score (nSPS) is 13.2. The summed E-state index contributed by atoms with van der Waals surface area (Å²) in [6.45, 7) is 0.936. The van der Waals surface area contributed by atoms with Crippen molar-refractivity contribution in [1.82, 2.24) is 4.90 Å². The number of ether oxygens (including phenoxy) is 2. The van der Waals surface area contributed by atoms with Crippen LogP contribution in [0, 0.1) is 0 Å². The van der Waals surface area contributed by atoms with E-state index >= 15 is 0 Å². The van der Waals surface area contributed by atoms with Crippen molar-refractivity contribution < 1.29 is 14.3 Å². The minimum Gasteiger partial charge on any atom is -0.497 e. The fraction of sp³-hybridized carbons (Fsp3) is 0.235. The third-order valence-electron chi connectivity index (χ3n) is 3.91. The van der Waals surface area contributed by atoms with Crippen molar-refractivity contribution in [2.45, 2.75) is 13.1 Å². The summed E-state index contributed by atoms with van der Waals surface area (Å²) in [7, 11) is 3.21. The maximum absolute atomic E-state index is 12.7. The van der Waals surface area contributed by atoms with Gasteiger partial charge in [0, 0.05) is 39.8 Å². The number of hydrogen-bond donors (Lipinski definition) is 0. The molecule has 0 spiro atoms. The fourth-order valence-corrected chi connectivity index (χ4v) is 3.47. The highest BCUT2D eigenvalue weighted by atomic mass is 79.9. The van der Waals surface area contributed by atoms with Crippen LogP contribution in [0.5, 0.6) is 11.5 Å². The zero-order valence-electron chi connectivity index (χ0n) is 12.7. The Labute approximate surface area is 148 Å². The zero-order valence-corrected chi connectivity index (χ0v) is 15.1. The molecule has 0 fully saturated rings. The number of halogens is 2. The van der Waals surface area contributed by atoms with Crippen molar-refractivity contribution >= 4 is 33.4 Å². The van der Waals surface area contributed by atoms with Gasteiger partial charge < -0.3 is 14.4 Å². The van der Waals surface area contributed by atoms with Gasteiger partial charge in [-0.2, -0.15) is 0 Å². The van der Waals surface area contributed by atoms with Gasteiger partial charge in [0.1, 0.15) is 11.5 Å². The van der Waals surface area contributed by atoms with Crippen LogP contribution in [-0.4, -0.2) is 25.0 Å². The van der Waals surface area contributed by atoms with E-state index in [1.807, 2.05) is 18.2 Å². The minimum absolute atomic E-state index is 0.0350. The van der Waals surface area contributed by atoms with Crippen LogP contribution in [-0.2, 0) is 13.1 Å². The van der Waals surface area contributed by atoms with Crippen LogP contribution in [0.25, 0.3) is 0 Å². The predicted molar refractivity (Wildman–Crippen MR) is 92.3 cm³/mol. The molecule has 2 aromatic rings. The predicted octanol–water partition coefficient (Wildman–Crippen LogP) is 4.28. The molecule has 1 heterocycles. The van der Waals surface area contributed by atoms with E-state index in [2.05, 4.69) is 15.9 Å². The lowest BCUT2D eigenvalue weighted by molar-refractivity contribution is 0.0765. The number of methoxy groups -OCH3 is 2. The summed E-state index contributed by atoms with van der Waals surface area (Å²) in [6.07, 6.45) is 0. The molecule has 1 aliphatic rings. The number of hydrogen-bond acceptors (Lipinski definition) is 3. The molecule has 2 aromatic carbocycles. The molecular formula is C17H15BrClNO3. The largest absolute Gasteiger partial charge is 0.497 e. The molecule has 4 nitrogen and oxygen atoms in total. The summed E-state index contributed by atoms with van der Waals surface area (Å²) in [5.41, 5.74) is 2.42. The third-order valence-corrected chi connectivity index (χ3v) is 4.93. The highest BCUT2D eigenvalue weighted by Crippen LogP contribution is 2.36. The van der Waals surface area contributed by atoms with E-state index in [1.54, 1.807) is 31.3 Å². The summed E-state index contributed by atoms with van der Waals surface area (Å²) < 4.78 is 11.4. The molecule has 0 saturated carbocycles. The molecule has 0 radical (unpaired) electrons. The van der Waals surface area contributed by atoms with Crippen LogP contribution in [0.1, 0.15) is 21.5 Å². The maximum atomic E-state index is 12.7. The second-order valence-corrected chi connectivity index (χ2v) is 6.48. The van der Waals surface area contributed by atoms with Gasteiger partial charge in [-0.15, -0.1) is 0 Å². The average molecular weight is 397 g/mol. The van der Waals surface area contributed by atoms with Gasteiger partial charge in [-0.3, -0.25) is 4.79 Å². The Morgan fingerprint density at radius 1 is 1.22 bits per heavy atom. The minimum atomic E-state index is -0.0350. The van der Waals surface area contributed by atoms with Crippen molar-refractivity contribution in [2.75, 3.05) is 14.2 Å². The van der Waals surface area contributed by atoms with Crippen molar-refractivity contribution in [3.63, 3.8) is 0 Å². The molecule has 3 rings (SSSR count). The Morgan fingerprint density at radius 2 is 2.00 bits per heavy atom. The van der Waals surface area contributed by atoms with E-state index in [9.17, 15) is 4.79 Å². The molecule has 0 saturated heterocycles. The lowest BCUT2D eigenvalue weighted by Gasteiger charge is -2.18. The second-order valence-electron chi connectivity index (χ2n) is 5.22. The summed E-state index contributed by atoms with van der Waals surface area (Å²) in [5.74, 6) is 1.37. The first-order valence-corrected chi connectivity index (χ1v) is 8.19. The topological polar surface area (TPSA) is 38.8 Å². The van der Waals surface area contributed by atoms with E-state index in [0.717, 1.165) is 15.6 Å². The molecule has 6 heteroatoms. The summed E-state index contributed by atoms with van der Waals surface area (Å²) in [5, 5.41) is 0.612. The van der Waals surface area contributed by atoms with Gasteiger partial charge in [0.25, 0.3) is 5.91 Å². The Bertz CT molecular complexity index is 779. The number of carbonyl (C=O) groups excluding carboxylic acids is 1. The van der Waals surface area contributed by atoms with Crippen LogP contribution in [0.3, 0.4) is 0 Å². The highest BCUT2D eigenvalue weighted by molar-refractivity contribution is 9.10. The van der Waals surface area contributed by atoms with Gasteiger partial charge in [0.2, 0.25) is 0 Å². The Hall–Kier alpha value is -1.72. The van der Waals surface area contributed by atoms with E-state index in [0.29, 0.717) is 35.2 Å². The molecule has 23 heavy (non-hydrogen) atoms. The zero-order chi connectivity index (χ0) is 16.6. The Balaban J connectivity index is 1.90. The van der Waals surface area contributed by atoms with Gasteiger partial charge >= 0.3 is 0 Å². The maximum Gasteiger partial charge on any atom is 0.256 e. The van der Waals surface area contributed by atoms with Crippen LogP contribution in [0.2, 0.25) is 5.02 Å². The van der Waals surface area contributed by atoms with Gasteiger partial charge in [-0.1, -0.05) is 11.6 Å². The average Bonchev–Trinajstić information content (AvgIpc) is 2.89. The van der Waals surface area contributed by atoms with E-state index in [4.69, 9.17) is 21.1 Å². The quantitative estimate of drug-likeness (QED) is 0.774. The molecule has 0 atom stereocenters. The highest BCUT2D eigenvalue weighted by Gasteiger charge is 2.31. The van der Waals surface area contributed by atoms with E-state index in [-0.39, 0.29) is 5.91 Å². The van der Waals surface area contributed by atoms with Gasteiger partial charge in [-0.25, -0.2) is 0 Å². The molecule has 0 N–H and O–H groups in total. The fourth-order valence-electron chi connectivity index (χ4n) is 2.72. The summed E-state index contributed by atoms with van der Waals surface area (Å²) in [6, 6.07) is 9.18. The van der Waals surface area contributed by atoms with Crippen LogP contribution >= 0.6 is 27.5 Å². The van der Waals surface area contributed by atoms with Gasteiger partial charge in [0.05, 0.1) is 19.8 Å². The van der Waals surface area contributed by atoms with Crippen LogP contribution < -0.4 is 9.47 Å². The first kappa shape index (κ1) is 16.1. The molecule has 0 unspecified atom stereocenters. The van der Waals surface area contributed by atoms with Gasteiger partial charge in [-0.05, 0) is 40.2 Å². The number of nitrogens with zero attached hydrogens (tertiary/aromatic N) is 1. The number of benzene rings is 2. The number of carbonyl (C=O) groups is 1. The SMILES string of the molecule is COc1ccc(CN2Cc3c(Cl)ccc(Br)c3C2=O)c(OC)c1. The molecular weight excluding hydrogens is 382 g/mol. The molecule has 0 aromatic heterocycles. The van der Waals surface area contributed by atoms with Crippen molar-refractivity contribution in [3.8, 4) is 11.5 Å². The molecule has 0 aliphatic carbocycles. The number of fused-ring (bicyclic) bond motifs is 1. The van der Waals surface area contributed by atoms with Crippen LogP contribution in [0.4, 0.5) is 0 Å². The van der Waals surface area contributed by atoms with Crippen molar-refractivity contribution in [2.24, 2.45) is 0 Å². The molecule has 120 valence electrons. The second kappa shape index (κ2) is 6.42. The van der Waals surface area contributed by atoms with E-state index in [1.165, 1.54) is 0 Å².